The lowest BCUT2D eigenvalue weighted by Gasteiger charge is -2.00. The van der Waals surface area contributed by atoms with Crippen LogP contribution in [0.5, 0.6) is 0 Å². The van der Waals surface area contributed by atoms with E-state index in [0.29, 0.717) is 5.69 Å². The van der Waals surface area contributed by atoms with Crippen LogP contribution in [0.3, 0.4) is 0 Å². The Morgan fingerprint density at radius 1 is 1.11 bits per heavy atom. The molecule has 3 rings (SSSR count). The standard InChI is InChI=1S/C15H14N2O/c1-9-7-10(2)16-15(9)14-11-5-3-4-6-12(11)17-13(14)8-18/h3-8,16-17H,1-2H3. The van der Waals surface area contributed by atoms with Crippen molar-refractivity contribution >= 4 is 17.2 Å². The van der Waals surface area contributed by atoms with Gasteiger partial charge in [0.2, 0.25) is 0 Å². The number of hydrogen-bond donors (Lipinski definition) is 2. The third-order valence-electron chi connectivity index (χ3n) is 3.25. The van der Waals surface area contributed by atoms with E-state index in [9.17, 15) is 4.79 Å². The highest BCUT2D eigenvalue weighted by Gasteiger charge is 2.15. The Balaban J connectivity index is 2.40. The molecular weight excluding hydrogens is 224 g/mol. The molecule has 0 aliphatic rings. The van der Waals surface area contributed by atoms with Crippen LogP contribution in [0.25, 0.3) is 22.2 Å². The summed E-state index contributed by atoms with van der Waals surface area (Å²) in [6, 6.07) is 10.1. The second kappa shape index (κ2) is 3.88. The Kier molecular flexibility index (Phi) is 2.33. The summed E-state index contributed by atoms with van der Waals surface area (Å²) in [5, 5.41) is 1.07. The van der Waals surface area contributed by atoms with E-state index >= 15 is 0 Å². The van der Waals surface area contributed by atoms with Gasteiger partial charge in [-0.05, 0) is 31.5 Å². The van der Waals surface area contributed by atoms with Crippen molar-refractivity contribution in [2.24, 2.45) is 0 Å². The first kappa shape index (κ1) is 10.8. The molecule has 1 aromatic carbocycles. The van der Waals surface area contributed by atoms with Crippen LogP contribution < -0.4 is 0 Å². The number of benzene rings is 1. The maximum absolute atomic E-state index is 11.2. The minimum atomic E-state index is 0.626. The molecule has 0 atom stereocenters. The quantitative estimate of drug-likeness (QED) is 0.658. The molecule has 3 nitrogen and oxygen atoms in total. The Labute approximate surface area is 105 Å². The Hall–Kier alpha value is -2.29. The van der Waals surface area contributed by atoms with Gasteiger partial charge in [-0.2, -0.15) is 0 Å². The molecule has 0 fully saturated rings. The van der Waals surface area contributed by atoms with Gasteiger partial charge in [-0.1, -0.05) is 18.2 Å². The molecular formula is C15H14N2O. The molecule has 2 aromatic heterocycles. The fraction of sp³-hybridized carbons (Fsp3) is 0.133. The SMILES string of the molecule is Cc1cc(C)c(-c2c(C=O)[nH]c3ccccc23)[nH]1. The van der Waals surface area contributed by atoms with E-state index in [2.05, 4.69) is 23.0 Å². The Bertz CT molecular complexity index is 734. The molecule has 0 amide bonds. The summed E-state index contributed by atoms with van der Waals surface area (Å²) < 4.78 is 0. The average molecular weight is 238 g/mol. The van der Waals surface area contributed by atoms with Crippen molar-refractivity contribution < 1.29 is 4.79 Å². The first-order valence-electron chi connectivity index (χ1n) is 5.93. The number of aldehydes is 1. The fourth-order valence-electron chi connectivity index (χ4n) is 2.51. The van der Waals surface area contributed by atoms with Crippen LogP contribution in [-0.4, -0.2) is 16.3 Å². The van der Waals surface area contributed by atoms with Gasteiger partial charge in [-0.25, -0.2) is 0 Å². The first-order chi connectivity index (χ1) is 8.70. The molecule has 2 heterocycles. The number of aromatic amines is 2. The zero-order valence-corrected chi connectivity index (χ0v) is 10.4. The van der Waals surface area contributed by atoms with Gasteiger partial charge in [0.15, 0.2) is 6.29 Å². The van der Waals surface area contributed by atoms with Gasteiger partial charge in [0, 0.05) is 22.2 Å². The number of nitrogens with one attached hydrogen (secondary N) is 2. The number of H-pyrrole nitrogens is 2. The molecule has 0 unspecified atom stereocenters. The van der Waals surface area contributed by atoms with Gasteiger partial charge in [-0.15, -0.1) is 0 Å². The van der Waals surface area contributed by atoms with Crippen molar-refractivity contribution in [3.05, 3.63) is 47.3 Å². The maximum Gasteiger partial charge on any atom is 0.166 e. The normalized spacial score (nSPS) is 11.0. The van der Waals surface area contributed by atoms with E-state index in [4.69, 9.17) is 0 Å². The highest BCUT2D eigenvalue weighted by molar-refractivity contribution is 6.03. The highest BCUT2D eigenvalue weighted by atomic mass is 16.1. The van der Waals surface area contributed by atoms with Crippen molar-refractivity contribution in [3.8, 4) is 11.3 Å². The Morgan fingerprint density at radius 3 is 2.56 bits per heavy atom. The number of carbonyl (C=O) groups excluding carboxylic acids is 1. The molecule has 0 radical (unpaired) electrons. The van der Waals surface area contributed by atoms with Crippen LogP contribution in [0.15, 0.2) is 30.3 Å². The van der Waals surface area contributed by atoms with Crippen LogP contribution in [-0.2, 0) is 0 Å². The van der Waals surface area contributed by atoms with E-state index in [1.54, 1.807) is 0 Å². The summed E-state index contributed by atoms with van der Waals surface area (Å²) in [7, 11) is 0. The van der Waals surface area contributed by atoms with Crippen LogP contribution >= 0.6 is 0 Å². The monoisotopic (exact) mass is 238 g/mol. The predicted molar refractivity (Wildman–Crippen MR) is 72.9 cm³/mol. The van der Waals surface area contributed by atoms with E-state index in [0.717, 1.165) is 39.7 Å². The molecule has 90 valence electrons. The zero-order chi connectivity index (χ0) is 12.7. The van der Waals surface area contributed by atoms with Crippen molar-refractivity contribution in [2.45, 2.75) is 13.8 Å². The molecule has 18 heavy (non-hydrogen) atoms. The second-order valence-corrected chi connectivity index (χ2v) is 4.59. The van der Waals surface area contributed by atoms with Gasteiger partial charge in [0.05, 0.1) is 11.4 Å². The molecule has 0 bridgehead atoms. The summed E-state index contributed by atoms with van der Waals surface area (Å²) in [6.07, 6.45) is 0.880. The summed E-state index contributed by atoms with van der Waals surface area (Å²) in [5.41, 5.74) is 5.85. The lowest BCUT2D eigenvalue weighted by atomic mass is 10.1. The van der Waals surface area contributed by atoms with Gasteiger partial charge in [-0.3, -0.25) is 4.79 Å². The van der Waals surface area contributed by atoms with Crippen molar-refractivity contribution in [1.82, 2.24) is 9.97 Å². The molecule has 3 aromatic rings. The van der Waals surface area contributed by atoms with Crippen LogP contribution in [0.4, 0.5) is 0 Å². The van der Waals surface area contributed by atoms with Crippen LogP contribution in [0, 0.1) is 13.8 Å². The summed E-state index contributed by atoms with van der Waals surface area (Å²) in [6.45, 7) is 4.07. The summed E-state index contributed by atoms with van der Waals surface area (Å²) >= 11 is 0. The van der Waals surface area contributed by atoms with Crippen molar-refractivity contribution in [3.63, 3.8) is 0 Å². The van der Waals surface area contributed by atoms with Crippen LogP contribution in [0.2, 0.25) is 0 Å². The average Bonchev–Trinajstić information content (AvgIpc) is 2.88. The van der Waals surface area contributed by atoms with E-state index < -0.39 is 0 Å². The topological polar surface area (TPSA) is 48.6 Å². The molecule has 0 spiro atoms. The minimum absolute atomic E-state index is 0.626. The number of rotatable bonds is 2. The van der Waals surface area contributed by atoms with Gasteiger partial charge in [0.25, 0.3) is 0 Å². The predicted octanol–water partition coefficient (Wildman–Crippen LogP) is 3.59. The number of carbonyl (C=O) groups is 1. The van der Waals surface area contributed by atoms with Crippen LogP contribution in [0.1, 0.15) is 21.7 Å². The third-order valence-corrected chi connectivity index (χ3v) is 3.25. The van der Waals surface area contributed by atoms with Gasteiger partial charge < -0.3 is 9.97 Å². The van der Waals surface area contributed by atoms with E-state index in [-0.39, 0.29) is 0 Å². The number of para-hydroxylation sites is 1. The smallest absolute Gasteiger partial charge is 0.166 e. The molecule has 2 N–H and O–H groups in total. The largest absolute Gasteiger partial charge is 0.358 e. The van der Waals surface area contributed by atoms with E-state index in [1.165, 1.54) is 0 Å². The van der Waals surface area contributed by atoms with E-state index in [1.807, 2.05) is 31.2 Å². The molecule has 0 saturated heterocycles. The highest BCUT2D eigenvalue weighted by Crippen LogP contribution is 2.33. The van der Waals surface area contributed by atoms with Crippen molar-refractivity contribution in [2.75, 3.05) is 0 Å². The number of aromatic nitrogens is 2. The molecule has 3 heteroatoms. The maximum atomic E-state index is 11.2. The molecule has 0 saturated carbocycles. The molecule has 0 aliphatic carbocycles. The summed E-state index contributed by atoms with van der Waals surface area (Å²) in [4.78, 5) is 17.7. The second-order valence-electron chi connectivity index (χ2n) is 4.59. The van der Waals surface area contributed by atoms with Gasteiger partial charge in [0.1, 0.15) is 0 Å². The fourth-order valence-corrected chi connectivity index (χ4v) is 2.51. The number of aryl methyl sites for hydroxylation is 2. The third kappa shape index (κ3) is 1.48. The lowest BCUT2D eigenvalue weighted by molar-refractivity contribution is 0.112. The first-order valence-corrected chi connectivity index (χ1v) is 5.93. The number of hydrogen-bond acceptors (Lipinski definition) is 1. The van der Waals surface area contributed by atoms with Crippen molar-refractivity contribution in [1.29, 1.82) is 0 Å². The zero-order valence-electron chi connectivity index (χ0n) is 10.4. The lowest BCUT2D eigenvalue weighted by Crippen LogP contribution is -1.86. The van der Waals surface area contributed by atoms with Gasteiger partial charge >= 0.3 is 0 Å². The summed E-state index contributed by atoms with van der Waals surface area (Å²) in [5.74, 6) is 0. The Morgan fingerprint density at radius 2 is 1.89 bits per heavy atom. The minimum Gasteiger partial charge on any atom is -0.358 e. The molecule has 0 aliphatic heterocycles. The number of fused-ring (bicyclic) bond motifs is 1.